The van der Waals surface area contributed by atoms with Crippen molar-refractivity contribution in [3.63, 3.8) is 0 Å². The van der Waals surface area contributed by atoms with Crippen LogP contribution in [0.2, 0.25) is 0 Å². The molecule has 8 nitrogen and oxygen atoms in total. The molecule has 0 bridgehead atoms. The lowest BCUT2D eigenvalue weighted by molar-refractivity contribution is -0.136. The number of carbonyl (C=O) groups is 2. The van der Waals surface area contributed by atoms with Crippen LogP contribution in [0.25, 0.3) is 0 Å². The van der Waals surface area contributed by atoms with Gasteiger partial charge in [-0.2, -0.15) is 0 Å². The molecular weight excluding hydrogens is 406 g/mol. The number of hydrogen-bond donors (Lipinski definition) is 4. The lowest BCUT2D eigenvalue weighted by atomic mass is 10.0. The molecule has 0 fully saturated rings. The van der Waals surface area contributed by atoms with Gasteiger partial charge in [-0.25, -0.2) is 13.1 Å². The summed E-state index contributed by atoms with van der Waals surface area (Å²) in [5.74, 6) is -1.83. The minimum atomic E-state index is -3.79. The van der Waals surface area contributed by atoms with Crippen LogP contribution in [0, 0.1) is 0 Å². The summed E-state index contributed by atoms with van der Waals surface area (Å²) in [7, 11) is -3.79. The van der Waals surface area contributed by atoms with Gasteiger partial charge in [-0.05, 0) is 51.0 Å². The maximum absolute atomic E-state index is 12.5. The predicted molar refractivity (Wildman–Crippen MR) is 114 cm³/mol. The van der Waals surface area contributed by atoms with Crippen molar-refractivity contribution >= 4 is 27.5 Å². The van der Waals surface area contributed by atoms with Crippen molar-refractivity contribution in [3.8, 4) is 0 Å². The lowest BCUT2D eigenvalue weighted by Gasteiger charge is -2.20. The van der Waals surface area contributed by atoms with E-state index in [2.05, 4.69) is 15.4 Å². The molecule has 0 radical (unpaired) electrons. The van der Waals surface area contributed by atoms with Crippen molar-refractivity contribution in [3.05, 3.63) is 60.2 Å². The smallest absolute Gasteiger partial charge is 0.313 e. The summed E-state index contributed by atoms with van der Waals surface area (Å²) in [5, 5.41) is 14.3. The van der Waals surface area contributed by atoms with Crippen LogP contribution < -0.4 is 15.4 Å². The molecule has 2 aromatic carbocycles. The summed E-state index contributed by atoms with van der Waals surface area (Å²) in [6, 6.07) is 14.1. The zero-order valence-electron chi connectivity index (χ0n) is 17.2. The second-order valence-corrected chi connectivity index (χ2v) is 9.47. The molecule has 0 saturated heterocycles. The number of anilines is 1. The molecule has 30 heavy (non-hydrogen) atoms. The first-order chi connectivity index (χ1) is 14.0. The molecule has 0 aliphatic rings. The summed E-state index contributed by atoms with van der Waals surface area (Å²) >= 11 is 0. The molecular formula is C21H27N3O5S. The SMILES string of the molecule is CC(C)(C)NS(=O)(=O)c1cccc(NC(=O)C(=O)N[C@@H](CCO)c2ccccc2)c1. The third-order valence-electron chi connectivity index (χ3n) is 3.97. The van der Waals surface area contributed by atoms with Crippen molar-refractivity contribution in [2.75, 3.05) is 11.9 Å². The van der Waals surface area contributed by atoms with E-state index >= 15 is 0 Å². The summed E-state index contributed by atoms with van der Waals surface area (Å²) in [6.45, 7) is 4.99. The number of nitrogens with one attached hydrogen (secondary N) is 3. The Kier molecular flexibility index (Phi) is 7.71. The number of rotatable bonds is 7. The van der Waals surface area contributed by atoms with Crippen molar-refractivity contribution < 1.29 is 23.1 Å². The van der Waals surface area contributed by atoms with Crippen LogP contribution >= 0.6 is 0 Å². The zero-order valence-corrected chi connectivity index (χ0v) is 18.0. The highest BCUT2D eigenvalue weighted by molar-refractivity contribution is 7.89. The van der Waals surface area contributed by atoms with Crippen molar-refractivity contribution in [1.82, 2.24) is 10.0 Å². The molecule has 0 spiro atoms. The predicted octanol–water partition coefficient (Wildman–Crippen LogP) is 1.94. The summed E-state index contributed by atoms with van der Waals surface area (Å²) in [6.07, 6.45) is 0.245. The highest BCUT2D eigenvalue weighted by atomic mass is 32.2. The highest BCUT2D eigenvalue weighted by Crippen LogP contribution is 2.18. The first kappa shape index (κ1) is 23.5. The van der Waals surface area contributed by atoms with Gasteiger partial charge in [0.05, 0.1) is 10.9 Å². The fraction of sp³-hybridized carbons (Fsp3) is 0.333. The molecule has 1 atom stereocenters. The van der Waals surface area contributed by atoms with E-state index in [9.17, 15) is 23.1 Å². The largest absolute Gasteiger partial charge is 0.396 e. The van der Waals surface area contributed by atoms with E-state index < -0.39 is 33.4 Å². The average Bonchev–Trinajstić information content (AvgIpc) is 2.66. The van der Waals surface area contributed by atoms with Gasteiger partial charge in [0.15, 0.2) is 0 Å². The molecule has 2 aromatic rings. The van der Waals surface area contributed by atoms with Gasteiger partial charge in [-0.1, -0.05) is 36.4 Å². The molecule has 0 heterocycles. The number of sulfonamides is 1. The fourth-order valence-electron chi connectivity index (χ4n) is 2.75. The Bertz CT molecular complexity index is 985. The lowest BCUT2D eigenvalue weighted by Crippen LogP contribution is -2.40. The van der Waals surface area contributed by atoms with Gasteiger partial charge in [0, 0.05) is 17.8 Å². The number of amides is 2. The standard InChI is InChI=1S/C21H27N3O5S/c1-21(2,3)24-30(28,29)17-11-7-10-16(14-17)22-19(26)20(27)23-18(12-13-25)15-8-5-4-6-9-15/h4-11,14,18,24-25H,12-13H2,1-3H3,(H,22,26)(H,23,27)/t18-/m0/s1. The minimum Gasteiger partial charge on any atom is -0.396 e. The maximum atomic E-state index is 12.5. The Morgan fingerprint density at radius 3 is 2.27 bits per heavy atom. The molecule has 0 aliphatic heterocycles. The Labute approximate surface area is 176 Å². The quantitative estimate of drug-likeness (QED) is 0.497. The van der Waals surface area contributed by atoms with Crippen molar-refractivity contribution in [2.45, 2.75) is 43.7 Å². The third kappa shape index (κ3) is 6.94. The molecule has 9 heteroatoms. The zero-order chi connectivity index (χ0) is 22.4. The monoisotopic (exact) mass is 433 g/mol. The van der Waals surface area contributed by atoms with Crippen molar-refractivity contribution in [1.29, 1.82) is 0 Å². The van der Waals surface area contributed by atoms with Gasteiger partial charge >= 0.3 is 11.8 Å². The van der Waals surface area contributed by atoms with E-state index in [0.29, 0.717) is 0 Å². The summed E-state index contributed by atoms with van der Waals surface area (Å²) in [4.78, 5) is 24.6. The van der Waals surface area contributed by atoms with E-state index in [1.54, 1.807) is 45.0 Å². The molecule has 0 aromatic heterocycles. The Morgan fingerprint density at radius 1 is 1.00 bits per heavy atom. The van der Waals surface area contributed by atoms with Crippen molar-refractivity contribution in [2.24, 2.45) is 0 Å². The number of benzene rings is 2. The van der Waals surface area contributed by atoms with Crippen LogP contribution in [0.1, 0.15) is 38.8 Å². The van der Waals surface area contributed by atoms with E-state index in [1.807, 2.05) is 6.07 Å². The van der Waals surface area contributed by atoms with Crippen LogP contribution in [0.15, 0.2) is 59.5 Å². The molecule has 0 aliphatic carbocycles. The number of carbonyl (C=O) groups excluding carboxylic acids is 2. The van der Waals surface area contributed by atoms with Gasteiger partial charge in [0.25, 0.3) is 0 Å². The minimum absolute atomic E-state index is 0.0296. The molecule has 4 N–H and O–H groups in total. The molecule has 0 saturated carbocycles. The first-order valence-corrected chi connectivity index (χ1v) is 10.9. The molecule has 2 amide bonds. The van der Waals surface area contributed by atoms with Crippen LogP contribution in [-0.2, 0) is 19.6 Å². The number of hydrogen-bond acceptors (Lipinski definition) is 5. The number of aliphatic hydroxyl groups excluding tert-OH is 1. The third-order valence-corrected chi connectivity index (χ3v) is 5.73. The van der Waals surface area contributed by atoms with E-state index in [4.69, 9.17) is 0 Å². The average molecular weight is 434 g/mol. The van der Waals surface area contributed by atoms with Crippen LogP contribution in [0.3, 0.4) is 0 Å². The van der Waals surface area contributed by atoms with Crippen LogP contribution in [-0.4, -0.2) is 37.5 Å². The maximum Gasteiger partial charge on any atom is 0.313 e. The second-order valence-electron chi connectivity index (χ2n) is 7.79. The normalized spacial score (nSPS) is 12.8. The highest BCUT2D eigenvalue weighted by Gasteiger charge is 2.23. The number of aliphatic hydroxyl groups is 1. The van der Waals surface area contributed by atoms with Gasteiger partial charge < -0.3 is 15.7 Å². The molecule has 0 unspecified atom stereocenters. The second kappa shape index (κ2) is 9.84. The van der Waals surface area contributed by atoms with E-state index in [1.165, 1.54) is 24.3 Å². The summed E-state index contributed by atoms with van der Waals surface area (Å²) in [5.41, 5.74) is 0.260. The Morgan fingerprint density at radius 2 is 1.67 bits per heavy atom. The summed E-state index contributed by atoms with van der Waals surface area (Å²) < 4.78 is 27.5. The molecule has 162 valence electrons. The van der Waals surface area contributed by atoms with Gasteiger partial charge in [0.1, 0.15) is 0 Å². The van der Waals surface area contributed by atoms with Crippen LogP contribution in [0.4, 0.5) is 5.69 Å². The van der Waals surface area contributed by atoms with E-state index in [0.717, 1.165) is 5.56 Å². The van der Waals surface area contributed by atoms with Gasteiger partial charge in [-0.3, -0.25) is 9.59 Å². The Balaban J connectivity index is 2.11. The van der Waals surface area contributed by atoms with Crippen LogP contribution in [0.5, 0.6) is 0 Å². The van der Waals surface area contributed by atoms with Gasteiger partial charge in [0.2, 0.25) is 10.0 Å². The topological polar surface area (TPSA) is 125 Å². The Hall–Kier alpha value is -2.75. The fourth-order valence-corrected chi connectivity index (χ4v) is 4.22. The first-order valence-electron chi connectivity index (χ1n) is 9.43. The van der Waals surface area contributed by atoms with Gasteiger partial charge in [-0.15, -0.1) is 0 Å². The molecule has 2 rings (SSSR count). The van der Waals surface area contributed by atoms with E-state index in [-0.39, 0.29) is 23.6 Å².